The third-order valence-corrected chi connectivity index (χ3v) is 4.12. The van der Waals surface area contributed by atoms with E-state index >= 15 is 0 Å². The number of carbonyl (C=O) groups is 2. The number of amides is 2. The van der Waals surface area contributed by atoms with Crippen molar-refractivity contribution in [3.8, 4) is 5.75 Å². The van der Waals surface area contributed by atoms with E-state index < -0.39 is 0 Å². The summed E-state index contributed by atoms with van der Waals surface area (Å²) in [5, 5.41) is 5.76. The Morgan fingerprint density at radius 1 is 1.26 bits per heavy atom. The summed E-state index contributed by atoms with van der Waals surface area (Å²) in [7, 11) is 0. The predicted molar refractivity (Wildman–Crippen MR) is 92.6 cm³/mol. The molecule has 122 valence electrons. The van der Waals surface area contributed by atoms with Crippen molar-refractivity contribution in [3.05, 3.63) is 45.1 Å². The fourth-order valence-corrected chi connectivity index (χ4v) is 2.84. The van der Waals surface area contributed by atoms with Crippen LogP contribution in [0.15, 0.2) is 30.3 Å². The van der Waals surface area contributed by atoms with E-state index in [9.17, 15) is 9.59 Å². The monoisotopic (exact) mass is 352 g/mol. The Balaban J connectivity index is 1.94. The standard InChI is InChI=1S/C16H17ClN2O3S/c1-3-22-13-6-5-11(17)8-12(13)19-15(20)9-18-16(21)14-7-4-10(2)23-14/h4-8H,3,9H2,1-2H3,(H,18,21)(H,19,20). The second kappa shape index (κ2) is 7.99. The molecule has 0 fully saturated rings. The van der Waals surface area contributed by atoms with Crippen LogP contribution in [0.3, 0.4) is 0 Å². The van der Waals surface area contributed by atoms with Crippen molar-refractivity contribution in [3.63, 3.8) is 0 Å². The molecule has 23 heavy (non-hydrogen) atoms. The molecule has 0 bridgehead atoms. The average molecular weight is 353 g/mol. The molecule has 0 saturated carbocycles. The number of nitrogens with one attached hydrogen (secondary N) is 2. The lowest BCUT2D eigenvalue weighted by molar-refractivity contribution is -0.115. The summed E-state index contributed by atoms with van der Waals surface area (Å²) in [6.07, 6.45) is 0. The summed E-state index contributed by atoms with van der Waals surface area (Å²) in [6, 6.07) is 8.57. The van der Waals surface area contributed by atoms with Crippen molar-refractivity contribution in [1.29, 1.82) is 0 Å². The van der Waals surface area contributed by atoms with E-state index in [4.69, 9.17) is 16.3 Å². The van der Waals surface area contributed by atoms with Crippen LogP contribution in [0, 0.1) is 6.92 Å². The SMILES string of the molecule is CCOc1ccc(Cl)cc1NC(=O)CNC(=O)c1ccc(C)s1. The van der Waals surface area contributed by atoms with Crippen LogP contribution in [0.1, 0.15) is 21.5 Å². The minimum absolute atomic E-state index is 0.131. The van der Waals surface area contributed by atoms with E-state index in [0.717, 1.165) is 4.88 Å². The molecule has 2 N–H and O–H groups in total. The third-order valence-electron chi connectivity index (χ3n) is 2.89. The molecule has 2 amide bonds. The van der Waals surface area contributed by atoms with Gasteiger partial charge in [0.25, 0.3) is 5.91 Å². The quantitative estimate of drug-likeness (QED) is 0.836. The van der Waals surface area contributed by atoms with Crippen LogP contribution >= 0.6 is 22.9 Å². The molecule has 1 aromatic heterocycles. The van der Waals surface area contributed by atoms with E-state index in [1.54, 1.807) is 24.3 Å². The highest BCUT2D eigenvalue weighted by atomic mass is 35.5. The number of thiophene rings is 1. The Labute approximate surface area is 143 Å². The number of hydrogen-bond donors (Lipinski definition) is 2. The van der Waals surface area contributed by atoms with E-state index in [1.807, 2.05) is 19.9 Å². The van der Waals surface area contributed by atoms with E-state index in [-0.39, 0.29) is 18.4 Å². The highest BCUT2D eigenvalue weighted by molar-refractivity contribution is 7.13. The second-order valence-electron chi connectivity index (χ2n) is 4.71. The number of anilines is 1. The number of halogens is 1. The van der Waals surface area contributed by atoms with Crippen molar-refractivity contribution in [2.24, 2.45) is 0 Å². The fourth-order valence-electron chi connectivity index (χ4n) is 1.88. The highest BCUT2D eigenvalue weighted by Gasteiger charge is 2.12. The number of ether oxygens (including phenoxy) is 1. The maximum atomic E-state index is 12.0. The average Bonchev–Trinajstić information content (AvgIpc) is 2.94. The second-order valence-corrected chi connectivity index (χ2v) is 6.44. The van der Waals surface area contributed by atoms with Crippen LogP contribution in [0.25, 0.3) is 0 Å². The van der Waals surface area contributed by atoms with Gasteiger partial charge in [-0.05, 0) is 44.2 Å². The largest absolute Gasteiger partial charge is 0.492 e. The molecule has 0 aliphatic rings. The molecular formula is C16H17ClN2O3S. The molecule has 0 saturated heterocycles. The molecule has 0 spiro atoms. The first kappa shape index (κ1) is 17.3. The topological polar surface area (TPSA) is 67.4 Å². The maximum Gasteiger partial charge on any atom is 0.261 e. The summed E-state index contributed by atoms with van der Waals surface area (Å²) in [5.74, 6) is -0.0883. The predicted octanol–water partition coefficient (Wildman–Crippen LogP) is 3.48. The molecule has 1 heterocycles. The van der Waals surface area contributed by atoms with Crippen molar-refractivity contribution in [2.75, 3.05) is 18.5 Å². The molecule has 0 aliphatic carbocycles. The Bertz CT molecular complexity index is 715. The first-order chi connectivity index (χ1) is 11.0. The summed E-state index contributed by atoms with van der Waals surface area (Å²) in [5.41, 5.74) is 0.477. The number of benzene rings is 1. The van der Waals surface area contributed by atoms with Gasteiger partial charge < -0.3 is 15.4 Å². The molecule has 0 atom stereocenters. The van der Waals surface area contributed by atoms with Crippen LogP contribution < -0.4 is 15.4 Å². The minimum Gasteiger partial charge on any atom is -0.492 e. The van der Waals surface area contributed by atoms with Gasteiger partial charge in [0, 0.05) is 9.90 Å². The summed E-state index contributed by atoms with van der Waals surface area (Å²) >= 11 is 7.32. The number of aryl methyl sites for hydroxylation is 1. The molecular weight excluding hydrogens is 336 g/mol. The van der Waals surface area contributed by atoms with Crippen LogP contribution in [0.4, 0.5) is 5.69 Å². The van der Waals surface area contributed by atoms with Crippen molar-refractivity contribution >= 4 is 40.4 Å². The Hall–Kier alpha value is -2.05. The van der Waals surface area contributed by atoms with Crippen LogP contribution in [0.5, 0.6) is 5.75 Å². The normalized spacial score (nSPS) is 10.2. The van der Waals surface area contributed by atoms with Crippen LogP contribution in [0.2, 0.25) is 5.02 Å². The lowest BCUT2D eigenvalue weighted by Gasteiger charge is -2.12. The van der Waals surface area contributed by atoms with Gasteiger partial charge >= 0.3 is 0 Å². The molecule has 2 rings (SSSR count). The molecule has 2 aromatic rings. The van der Waals surface area contributed by atoms with E-state index in [2.05, 4.69) is 10.6 Å². The van der Waals surface area contributed by atoms with Gasteiger partial charge in [-0.3, -0.25) is 9.59 Å². The molecule has 0 radical (unpaired) electrons. The van der Waals surface area contributed by atoms with Gasteiger partial charge in [0.05, 0.1) is 23.7 Å². The van der Waals surface area contributed by atoms with Crippen molar-refractivity contribution in [1.82, 2.24) is 5.32 Å². The fraction of sp³-hybridized carbons (Fsp3) is 0.250. The van der Waals surface area contributed by atoms with Gasteiger partial charge in [-0.25, -0.2) is 0 Å². The zero-order valence-corrected chi connectivity index (χ0v) is 14.4. The van der Waals surface area contributed by atoms with Crippen molar-refractivity contribution in [2.45, 2.75) is 13.8 Å². The maximum absolute atomic E-state index is 12.0. The van der Waals surface area contributed by atoms with Crippen LogP contribution in [-0.4, -0.2) is 25.0 Å². The van der Waals surface area contributed by atoms with Gasteiger partial charge in [-0.2, -0.15) is 0 Å². The lowest BCUT2D eigenvalue weighted by Crippen LogP contribution is -2.32. The lowest BCUT2D eigenvalue weighted by atomic mass is 10.3. The zero-order valence-electron chi connectivity index (χ0n) is 12.8. The van der Waals surface area contributed by atoms with Crippen molar-refractivity contribution < 1.29 is 14.3 Å². The van der Waals surface area contributed by atoms with Gasteiger partial charge in [0.15, 0.2) is 0 Å². The Morgan fingerprint density at radius 2 is 2.04 bits per heavy atom. The van der Waals surface area contributed by atoms with Gasteiger partial charge in [-0.15, -0.1) is 11.3 Å². The number of rotatable bonds is 6. The zero-order chi connectivity index (χ0) is 16.8. The van der Waals surface area contributed by atoms with Gasteiger partial charge in [-0.1, -0.05) is 11.6 Å². The molecule has 0 unspecified atom stereocenters. The molecule has 5 nitrogen and oxygen atoms in total. The molecule has 1 aromatic carbocycles. The Kier molecular flexibility index (Phi) is 6.01. The third kappa shape index (κ3) is 4.97. The first-order valence-corrected chi connectivity index (χ1v) is 8.26. The van der Waals surface area contributed by atoms with E-state index in [1.165, 1.54) is 11.3 Å². The highest BCUT2D eigenvalue weighted by Crippen LogP contribution is 2.27. The molecule has 0 aliphatic heterocycles. The Morgan fingerprint density at radius 3 is 2.70 bits per heavy atom. The number of carbonyl (C=O) groups excluding carboxylic acids is 2. The summed E-state index contributed by atoms with van der Waals surface area (Å²) < 4.78 is 5.43. The summed E-state index contributed by atoms with van der Waals surface area (Å²) in [4.78, 5) is 25.5. The number of hydrogen-bond acceptors (Lipinski definition) is 4. The smallest absolute Gasteiger partial charge is 0.261 e. The van der Waals surface area contributed by atoms with Crippen LogP contribution in [-0.2, 0) is 4.79 Å². The minimum atomic E-state index is -0.352. The van der Waals surface area contributed by atoms with Gasteiger partial charge in [0.1, 0.15) is 5.75 Å². The summed E-state index contributed by atoms with van der Waals surface area (Å²) in [6.45, 7) is 4.11. The van der Waals surface area contributed by atoms with E-state index in [0.29, 0.717) is 27.9 Å². The first-order valence-electron chi connectivity index (χ1n) is 7.06. The molecule has 7 heteroatoms. The van der Waals surface area contributed by atoms with Gasteiger partial charge in [0.2, 0.25) is 5.91 Å².